The Morgan fingerprint density at radius 1 is 1.06 bits per heavy atom. The lowest BCUT2D eigenvalue weighted by atomic mass is 10.2. The van der Waals surface area contributed by atoms with Gasteiger partial charge in [0.25, 0.3) is 0 Å². The van der Waals surface area contributed by atoms with Gasteiger partial charge in [-0.25, -0.2) is 0 Å². The van der Waals surface area contributed by atoms with Crippen LogP contribution < -0.4 is 0 Å². The summed E-state index contributed by atoms with van der Waals surface area (Å²) in [5.74, 6) is 0. The Kier molecular flexibility index (Phi) is 10.7. The van der Waals surface area contributed by atoms with Crippen molar-refractivity contribution in [3.05, 3.63) is 34.3 Å². The van der Waals surface area contributed by atoms with Crippen molar-refractivity contribution in [2.24, 2.45) is 0 Å². The van der Waals surface area contributed by atoms with Gasteiger partial charge in [0.1, 0.15) is 6.79 Å². The number of benzene rings is 1. The highest BCUT2D eigenvalue weighted by atomic mass is 79.9. The SMILES string of the molecule is CC.FC(F)(F)c1ccc(Br)cc1.OCO. The van der Waals surface area contributed by atoms with E-state index in [4.69, 9.17) is 10.2 Å². The van der Waals surface area contributed by atoms with Crippen molar-refractivity contribution in [3.63, 3.8) is 0 Å². The van der Waals surface area contributed by atoms with Crippen LogP contribution in [-0.4, -0.2) is 17.0 Å². The molecular formula is C10H14BrF3O2. The molecule has 0 amide bonds. The van der Waals surface area contributed by atoms with Gasteiger partial charge in [-0.15, -0.1) is 0 Å². The topological polar surface area (TPSA) is 40.5 Å². The van der Waals surface area contributed by atoms with E-state index in [1.807, 2.05) is 13.8 Å². The van der Waals surface area contributed by atoms with Gasteiger partial charge in [-0.05, 0) is 24.3 Å². The molecular weight excluding hydrogens is 289 g/mol. The highest BCUT2D eigenvalue weighted by molar-refractivity contribution is 9.10. The monoisotopic (exact) mass is 302 g/mol. The molecule has 0 fully saturated rings. The predicted molar refractivity (Wildman–Crippen MR) is 59.8 cm³/mol. The quantitative estimate of drug-likeness (QED) is 0.721. The van der Waals surface area contributed by atoms with E-state index < -0.39 is 18.5 Å². The van der Waals surface area contributed by atoms with Crippen molar-refractivity contribution in [2.75, 3.05) is 6.79 Å². The predicted octanol–water partition coefficient (Wildman–Crippen LogP) is 3.42. The molecule has 1 aromatic rings. The second-order valence-corrected chi connectivity index (χ2v) is 3.06. The van der Waals surface area contributed by atoms with Crippen LogP contribution in [0.3, 0.4) is 0 Å². The fourth-order valence-corrected chi connectivity index (χ4v) is 0.903. The van der Waals surface area contributed by atoms with Gasteiger partial charge in [0.15, 0.2) is 0 Å². The third-order valence-electron chi connectivity index (χ3n) is 1.17. The Hall–Kier alpha value is -0.590. The fourth-order valence-electron chi connectivity index (χ4n) is 0.639. The van der Waals surface area contributed by atoms with Gasteiger partial charge in [0.2, 0.25) is 0 Å². The standard InChI is InChI=1S/C7H4BrF3.C2H6.CH4O2/c8-6-3-1-5(2-4-6)7(9,10)11;1-2;2-1-3/h1-4H;1-2H3;2-3H,1H2. The lowest BCUT2D eigenvalue weighted by molar-refractivity contribution is -0.137. The fraction of sp³-hybridized carbons (Fsp3) is 0.400. The molecule has 94 valence electrons. The second-order valence-electron chi connectivity index (χ2n) is 2.15. The summed E-state index contributed by atoms with van der Waals surface area (Å²) < 4.78 is 36.4. The van der Waals surface area contributed by atoms with Crippen LogP contribution in [0, 0.1) is 0 Å². The van der Waals surface area contributed by atoms with E-state index in [1.54, 1.807) is 0 Å². The number of halogens is 4. The van der Waals surface area contributed by atoms with Crippen LogP contribution in [0.2, 0.25) is 0 Å². The molecule has 6 heteroatoms. The van der Waals surface area contributed by atoms with E-state index in [0.29, 0.717) is 4.47 Å². The van der Waals surface area contributed by atoms with Gasteiger partial charge in [-0.1, -0.05) is 29.8 Å². The summed E-state index contributed by atoms with van der Waals surface area (Å²) in [6.45, 7) is 3.25. The molecule has 1 aromatic carbocycles. The molecule has 0 aliphatic carbocycles. The van der Waals surface area contributed by atoms with Crippen LogP contribution in [0.25, 0.3) is 0 Å². The van der Waals surface area contributed by atoms with Crippen molar-refractivity contribution in [2.45, 2.75) is 20.0 Å². The highest BCUT2D eigenvalue weighted by Crippen LogP contribution is 2.29. The molecule has 0 atom stereocenters. The summed E-state index contributed by atoms with van der Waals surface area (Å²) in [6.07, 6.45) is -4.24. The van der Waals surface area contributed by atoms with Crippen molar-refractivity contribution in [3.8, 4) is 0 Å². The Balaban J connectivity index is 0. The lowest BCUT2D eigenvalue weighted by Crippen LogP contribution is -2.03. The summed E-state index contributed by atoms with van der Waals surface area (Å²) in [4.78, 5) is 0. The molecule has 2 N–H and O–H groups in total. The number of hydrogen-bond donors (Lipinski definition) is 2. The number of hydrogen-bond acceptors (Lipinski definition) is 2. The molecule has 16 heavy (non-hydrogen) atoms. The largest absolute Gasteiger partial charge is 0.416 e. The van der Waals surface area contributed by atoms with Crippen molar-refractivity contribution in [1.29, 1.82) is 0 Å². The second kappa shape index (κ2) is 9.62. The van der Waals surface area contributed by atoms with E-state index >= 15 is 0 Å². The maximum atomic E-state index is 11.9. The Bertz CT molecular complexity index is 260. The summed E-state index contributed by atoms with van der Waals surface area (Å²) in [5, 5.41) is 14.2. The molecule has 0 bridgehead atoms. The van der Waals surface area contributed by atoms with Crippen molar-refractivity contribution < 1.29 is 23.4 Å². The van der Waals surface area contributed by atoms with Gasteiger partial charge < -0.3 is 10.2 Å². The van der Waals surface area contributed by atoms with Gasteiger partial charge in [0, 0.05) is 4.47 Å². The third-order valence-corrected chi connectivity index (χ3v) is 1.70. The van der Waals surface area contributed by atoms with Crippen LogP contribution >= 0.6 is 15.9 Å². The maximum absolute atomic E-state index is 11.9. The summed E-state index contributed by atoms with van der Waals surface area (Å²) in [6, 6.07) is 4.79. The minimum Gasteiger partial charge on any atom is -0.371 e. The molecule has 2 nitrogen and oxygen atoms in total. The minimum absolute atomic E-state index is 0.624. The molecule has 0 aromatic heterocycles. The molecule has 0 spiro atoms. The molecule has 0 aliphatic heterocycles. The molecule has 0 unspecified atom stereocenters. The first kappa shape index (κ1) is 17.8. The van der Waals surface area contributed by atoms with Crippen LogP contribution in [0.5, 0.6) is 0 Å². The van der Waals surface area contributed by atoms with Crippen LogP contribution in [0.1, 0.15) is 19.4 Å². The molecule has 0 radical (unpaired) electrons. The highest BCUT2D eigenvalue weighted by Gasteiger charge is 2.29. The minimum atomic E-state index is -4.24. The zero-order valence-corrected chi connectivity index (χ0v) is 10.5. The number of aliphatic hydroxyl groups is 2. The zero-order valence-electron chi connectivity index (χ0n) is 8.92. The average Bonchev–Trinajstić information content (AvgIpc) is 2.21. The maximum Gasteiger partial charge on any atom is 0.416 e. The lowest BCUT2D eigenvalue weighted by Gasteiger charge is -2.04. The first-order chi connectivity index (χ1) is 7.41. The summed E-state index contributed by atoms with van der Waals surface area (Å²) >= 11 is 3.04. The number of aliphatic hydroxyl groups excluding tert-OH is 1. The molecule has 0 saturated heterocycles. The van der Waals surface area contributed by atoms with E-state index in [2.05, 4.69) is 15.9 Å². The average molecular weight is 303 g/mol. The Morgan fingerprint density at radius 3 is 1.62 bits per heavy atom. The number of rotatable bonds is 0. The molecule has 0 heterocycles. The van der Waals surface area contributed by atoms with Gasteiger partial charge in [-0.3, -0.25) is 0 Å². The van der Waals surface area contributed by atoms with Gasteiger partial charge >= 0.3 is 6.18 Å². The summed E-state index contributed by atoms with van der Waals surface area (Å²) in [7, 11) is 0. The van der Waals surface area contributed by atoms with Crippen LogP contribution in [0.4, 0.5) is 13.2 Å². The van der Waals surface area contributed by atoms with E-state index in [-0.39, 0.29) is 0 Å². The van der Waals surface area contributed by atoms with Crippen molar-refractivity contribution >= 4 is 15.9 Å². The van der Waals surface area contributed by atoms with Crippen molar-refractivity contribution in [1.82, 2.24) is 0 Å². The third kappa shape index (κ3) is 8.70. The normalized spacial score (nSPS) is 9.50. The molecule has 0 aliphatic rings. The molecule has 1 rings (SSSR count). The van der Waals surface area contributed by atoms with E-state index in [1.165, 1.54) is 12.1 Å². The first-order valence-electron chi connectivity index (χ1n) is 4.46. The molecule has 0 saturated carbocycles. The zero-order chi connectivity index (χ0) is 13.2. The van der Waals surface area contributed by atoms with Crippen LogP contribution in [0.15, 0.2) is 28.7 Å². The summed E-state index contributed by atoms with van der Waals surface area (Å²) in [5.41, 5.74) is -0.624. The van der Waals surface area contributed by atoms with Gasteiger partial charge in [-0.2, -0.15) is 13.2 Å². The Morgan fingerprint density at radius 2 is 1.38 bits per heavy atom. The first-order valence-corrected chi connectivity index (χ1v) is 5.25. The number of alkyl halides is 3. The van der Waals surface area contributed by atoms with E-state index in [0.717, 1.165) is 12.1 Å². The van der Waals surface area contributed by atoms with Gasteiger partial charge in [0.05, 0.1) is 5.56 Å². The van der Waals surface area contributed by atoms with Crippen LogP contribution in [-0.2, 0) is 6.18 Å². The smallest absolute Gasteiger partial charge is 0.371 e. The van der Waals surface area contributed by atoms with E-state index in [9.17, 15) is 13.2 Å². The Labute approximate surface area is 101 Å².